The maximum absolute atomic E-state index is 6.15. The molecule has 0 aliphatic carbocycles. The molecule has 0 aliphatic heterocycles. The Labute approximate surface area is 191 Å². The molecule has 0 saturated carbocycles. The molecule has 2 aromatic rings. The molecule has 0 amide bonds. The van der Waals surface area contributed by atoms with Crippen LogP contribution in [0.3, 0.4) is 0 Å². The molecular formula is C29H44O2. The summed E-state index contributed by atoms with van der Waals surface area (Å²) < 4.78 is 12.3. The van der Waals surface area contributed by atoms with Gasteiger partial charge in [0.25, 0.3) is 0 Å². The second kappa shape index (κ2) is 9.67. The van der Waals surface area contributed by atoms with Crippen LogP contribution in [-0.4, -0.2) is 13.2 Å². The van der Waals surface area contributed by atoms with Gasteiger partial charge in [-0.25, -0.2) is 0 Å². The SMILES string of the molecule is CCC(C)(C)COc1ccc(C(C)(C)c2ccc(OCC(C)(C)CC)c(C)c2)cc1C. The summed E-state index contributed by atoms with van der Waals surface area (Å²) in [5.41, 5.74) is 5.26. The molecule has 2 rings (SSSR count). The van der Waals surface area contributed by atoms with Crippen LogP contribution in [0.5, 0.6) is 11.5 Å². The van der Waals surface area contributed by atoms with Crippen molar-refractivity contribution in [3.63, 3.8) is 0 Å². The van der Waals surface area contributed by atoms with E-state index < -0.39 is 0 Å². The second-order valence-corrected chi connectivity index (χ2v) is 11.2. The highest BCUT2D eigenvalue weighted by molar-refractivity contribution is 5.47. The Morgan fingerprint density at radius 3 is 1.26 bits per heavy atom. The van der Waals surface area contributed by atoms with Crippen LogP contribution in [0.1, 0.15) is 90.5 Å². The molecule has 0 radical (unpaired) electrons. The summed E-state index contributed by atoms with van der Waals surface area (Å²) in [7, 11) is 0. The number of aryl methyl sites for hydroxylation is 2. The van der Waals surface area contributed by atoms with E-state index in [0.717, 1.165) is 37.6 Å². The van der Waals surface area contributed by atoms with Crippen LogP contribution in [-0.2, 0) is 5.41 Å². The van der Waals surface area contributed by atoms with E-state index >= 15 is 0 Å². The lowest BCUT2D eigenvalue weighted by Gasteiger charge is -2.29. The average Bonchev–Trinajstić information content (AvgIpc) is 2.71. The first-order valence-electron chi connectivity index (χ1n) is 11.8. The zero-order valence-corrected chi connectivity index (χ0v) is 21.6. The van der Waals surface area contributed by atoms with Crippen LogP contribution >= 0.6 is 0 Å². The second-order valence-electron chi connectivity index (χ2n) is 11.2. The van der Waals surface area contributed by atoms with E-state index in [9.17, 15) is 0 Å². The lowest BCUT2D eigenvalue weighted by Crippen LogP contribution is -2.22. The molecule has 172 valence electrons. The lowest BCUT2D eigenvalue weighted by molar-refractivity contribution is 0.174. The average molecular weight is 425 g/mol. The fourth-order valence-electron chi connectivity index (χ4n) is 3.32. The predicted octanol–water partition coefficient (Wildman–Crippen LogP) is 8.26. The minimum atomic E-state index is -0.0992. The van der Waals surface area contributed by atoms with Crippen LogP contribution in [0.25, 0.3) is 0 Å². The van der Waals surface area contributed by atoms with Crippen molar-refractivity contribution in [3.8, 4) is 11.5 Å². The zero-order valence-electron chi connectivity index (χ0n) is 21.6. The van der Waals surface area contributed by atoms with Gasteiger partial charge in [0.05, 0.1) is 13.2 Å². The highest BCUT2D eigenvalue weighted by atomic mass is 16.5. The number of ether oxygens (including phenoxy) is 2. The normalized spacial score (nSPS) is 12.7. The van der Waals surface area contributed by atoms with Gasteiger partial charge in [-0.05, 0) is 71.9 Å². The van der Waals surface area contributed by atoms with Crippen molar-refractivity contribution in [2.75, 3.05) is 13.2 Å². The molecule has 0 atom stereocenters. The number of hydrogen-bond acceptors (Lipinski definition) is 2. The molecule has 0 N–H and O–H groups in total. The van der Waals surface area contributed by atoms with Gasteiger partial charge in [-0.2, -0.15) is 0 Å². The highest BCUT2D eigenvalue weighted by Crippen LogP contribution is 2.36. The van der Waals surface area contributed by atoms with E-state index in [0.29, 0.717) is 0 Å². The smallest absolute Gasteiger partial charge is 0.122 e. The maximum Gasteiger partial charge on any atom is 0.122 e. The molecular weight excluding hydrogens is 380 g/mol. The largest absolute Gasteiger partial charge is 0.493 e. The molecule has 0 saturated heterocycles. The zero-order chi connectivity index (χ0) is 23.4. The predicted molar refractivity (Wildman–Crippen MR) is 134 cm³/mol. The monoisotopic (exact) mass is 424 g/mol. The van der Waals surface area contributed by atoms with Crippen LogP contribution in [0.2, 0.25) is 0 Å². The third kappa shape index (κ3) is 6.51. The first-order valence-corrected chi connectivity index (χ1v) is 11.8. The molecule has 0 bridgehead atoms. The Morgan fingerprint density at radius 1 is 0.613 bits per heavy atom. The van der Waals surface area contributed by atoms with Gasteiger partial charge in [-0.1, -0.05) is 79.7 Å². The third-order valence-electron chi connectivity index (χ3n) is 6.94. The fraction of sp³-hybridized carbons (Fsp3) is 0.586. The summed E-state index contributed by atoms with van der Waals surface area (Å²) in [6.45, 7) is 23.8. The van der Waals surface area contributed by atoms with Gasteiger partial charge in [0.2, 0.25) is 0 Å². The minimum absolute atomic E-state index is 0.0992. The van der Waals surface area contributed by atoms with E-state index in [1.165, 1.54) is 22.3 Å². The van der Waals surface area contributed by atoms with E-state index in [1.54, 1.807) is 0 Å². The van der Waals surface area contributed by atoms with Gasteiger partial charge in [0.1, 0.15) is 11.5 Å². The summed E-state index contributed by atoms with van der Waals surface area (Å²) in [6.07, 6.45) is 2.21. The number of benzene rings is 2. The summed E-state index contributed by atoms with van der Waals surface area (Å²) >= 11 is 0. The van der Waals surface area contributed by atoms with Crippen LogP contribution in [0.4, 0.5) is 0 Å². The molecule has 0 spiro atoms. The van der Waals surface area contributed by atoms with Gasteiger partial charge in [0, 0.05) is 5.41 Å². The van der Waals surface area contributed by atoms with Gasteiger partial charge in [-0.3, -0.25) is 0 Å². The first-order chi connectivity index (χ1) is 14.3. The Morgan fingerprint density at radius 2 is 0.968 bits per heavy atom. The van der Waals surface area contributed by atoms with Crippen molar-refractivity contribution >= 4 is 0 Å². The van der Waals surface area contributed by atoms with Gasteiger partial charge >= 0.3 is 0 Å². The summed E-state index contributed by atoms with van der Waals surface area (Å²) in [5, 5.41) is 0. The Kier molecular flexibility index (Phi) is 7.89. The van der Waals surface area contributed by atoms with Crippen LogP contribution in [0.15, 0.2) is 36.4 Å². The quantitative estimate of drug-likeness (QED) is 0.382. The van der Waals surface area contributed by atoms with Crippen molar-refractivity contribution < 1.29 is 9.47 Å². The van der Waals surface area contributed by atoms with Crippen molar-refractivity contribution in [2.45, 2.75) is 87.5 Å². The van der Waals surface area contributed by atoms with E-state index in [2.05, 4.69) is 106 Å². The number of rotatable bonds is 10. The molecule has 0 aliphatic rings. The Balaban J connectivity index is 2.21. The van der Waals surface area contributed by atoms with Gasteiger partial charge in [-0.15, -0.1) is 0 Å². The molecule has 2 heteroatoms. The molecule has 0 unspecified atom stereocenters. The van der Waals surface area contributed by atoms with Crippen LogP contribution < -0.4 is 9.47 Å². The number of hydrogen-bond donors (Lipinski definition) is 0. The molecule has 2 aromatic carbocycles. The van der Waals surface area contributed by atoms with Gasteiger partial charge in [0.15, 0.2) is 0 Å². The summed E-state index contributed by atoms with van der Waals surface area (Å²) in [6, 6.07) is 13.2. The molecule has 31 heavy (non-hydrogen) atoms. The van der Waals surface area contributed by atoms with Gasteiger partial charge < -0.3 is 9.47 Å². The standard InChI is InChI=1S/C29H44O2/c1-11-27(5,6)19-30-25-15-13-23(17-21(25)3)29(9,10)24-14-16-26(22(4)18-24)31-20-28(7,8)12-2/h13-18H,11-12,19-20H2,1-10H3. The molecule has 0 fully saturated rings. The maximum atomic E-state index is 6.15. The molecule has 0 aromatic heterocycles. The van der Waals surface area contributed by atoms with Crippen molar-refractivity contribution in [3.05, 3.63) is 58.7 Å². The minimum Gasteiger partial charge on any atom is -0.493 e. The van der Waals surface area contributed by atoms with Crippen LogP contribution in [0, 0.1) is 24.7 Å². The third-order valence-corrected chi connectivity index (χ3v) is 6.94. The Bertz CT molecular complexity index is 803. The van der Waals surface area contributed by atoms with E-state index in [-0.39, 0.29) is 16.2 Å². The van der Waals surface area contributed by atoms with Crippen molar-refractivity contribution in [1.29, 1.82) is 0 Å². The topological polar surface area (TPSA) is 18.5 Å². The highest BCUT2D eigenvalue weighted by Gasteiger charge is 2.25. The fourth-order valence-corrected chi connectivity index (χ4v) is 3.32. The summed E-state index contributed by atoms with van der Waals surface area (Å²) in [5.74, 6) is 1.97. The molecule has 0 heterocycles. The van der Waals surface area contributed by atoms with E-state index in [4.69, 9.17) is 9.47 Å². The molecule has 2 nitrogen and oxygen atoms in total. The summed E-state index contributed by atoms with van der Waals surface area (Å²) in [4.78, 5) is 0. The lowest BCUT2D eigenvalue weighted by atomic mass is 9.77. The van der Waals surface area contributed by atoms with E-state index in [1.807, 2.05) is 0 Å². The van der Waals surface area contributed by atoms with Crippen molar-refractivity contribution in [2.24, 2.45) is 10.8 Å². The first kappa shape index (κ1) is 25.3. The Hall–Kier alpha value is -1.96. The van der Waals surface area contributed by atoms with Crippen molar-refractivity contribution in [1.82, 2.24) is 0 Å².